The average molecular weight is 1040 g/mol. The summed E-state index contributed by atoms with van der Waals surface area (Å²) in [5.41, 5.74) is 19.5. The molecule has 4 heterocycles. The quantitative estimate of drug-likeness (QED) is 0.161. The van der Waals surface area contributed by atoms with Gasteiger partial charge in [-0.1, -0.05) is 96.9 Å². The Morgan fingerprint density at radius 1 is 0.295 bits per heavy atom. The van der Waals surface area contributed by atoms with Crippen LogP contribution < -0.4 is 18.9 Å². The molecule has 5 aliphatic carbocycles. The zero-order chi connectivity index (χ0) is 54.7. The smallest absolute Gasteiger partial charge is 0.172 e. The van der Waals surface area contributed by atoms with E-state index < -0.39 is 11.2 Å². The van der Waals surface area contributed by atoms with Gasteiger partial charge >= 0.3 is 0 Å². The summed E-state index contributed by atoms with van der Waals surface area (Å²) in [6.45, 7) is 37.6. The number of nitrogens with zero attached hydrogens (tertiary/aromatic N) is 4. The molecule has 7 aliphatic rings. The highest BCUT2D eigenvalue weighted by molar-refractivity contribution is 5.92. The van der Waals surface area contributed by atoms with E-state index in [4.69, 9.17) is 38.9 Å². The SMILES string of the molecule is CCC1(C)Oc2cc3c(cc2OC1(C)CC)C1(CC(C)(C)c2cc4c(cc21)Oc1cc2nc5cc6c(cc5nc2cc1O4)C(C)(C)CC61CC(C)(C)c2cc4nc5cc6c(cc5nc4cc21)C(C)(CC)C6(C)CC)CC3(C)C. The molecule has 6 aromatic carbocycles. The summed E-state index contributed by atoms with van der Waals surface area (Å²) in [7, 11) is 0. The Kier molecular flexibility index (Phi) is 9.10. The second-order valence-corrected chi connectivity index (χ2v) is 28.9. The second-order valence-electron chi connectivity index (χ2n) is 28.9. The van der Waals surface area contributed by atoms with Gasteiger partial charge in [-0.15, -0.1) is 0 Å². The van der Waals surface area contributed by atoms with E-state index in [0.717, 1.165) is 118 Å². The zero-order valence-corrected chi connectivity index (χ0v) is 49.0. The molecule has 8 heteroatoms. The van der Waals surface area contributed by atoms with Gasteiger partial charge in [-0.25, -0.2) is 19.9 Å². The van der Waals surface area contributed by atoms with E-state index >= 15 is 0 Å². The van der Waals surface area contributed by atoms with Crippen molar-refractivity contribution < 1.29 is 18.9 Å². The molecule has 0 fully saturated rings. The molecule has 8 nitrogen and oxygen atoms in total. The zero-order valence-electron chi connectivity index (χ0n) is 49.0. The van der Waals surface area contributed by atoms with E-state index in [1.807, 2.05) is 12.1 Å². The van der Waals surface area contributed by atoms with Gasteiger partial charge < -0.3 is 18.9 Å². The van der Waals surface area contributed by atoms with E-state index in [-0.39, 0.29) is 43.3 Å². The van der Waals surface area contributed by atoms with Crippen LogP contribution >= 0.6 is 0 Å². The molecule has 0 saturated heterocycles. The van der Waals surface area contributed by atoms with E-state index in [0.29, 0.717) is 11.5 Å². The number of aromatic nitrogens is 4. The minimum Gasteiger partial charge on any atom is -0.480 e. The molecule has 400 valence electrons. The Labute approximate surface area is 460 Å². The van der Waals surface area contributed by atoms with Crippen molar-refractivity contribution in [3.8, 4) is 34.5 Å². The van der Waals surface area contributed by atoms with Crippen LogP contribution in [0.5, 0.6) is 34.5 Å². The lowest BCUT2D eigenvalue weighted by atomic mass is 9.46. The highest BCUT2D eigenvalue weighted by Crippen LogP contribution is 2.68. The molecular weight excluding hydrogens is 961 g/mol. The molecule has 2 spiro atoms. The van der Waals surface area contributed by atoms with Crippen molar-refractivity contribution in [2.75, 3.05) is 0 Å². The molecule has 0 bridgehead atoms. The van der Waals surface area contributed by atoms with E-state index in [1.165, 1.54) is 55.6 Å². The number of benzene rings is 6. The molecule has 6 unspecified atom stereocenters. The first-order chi connectivity index (χ1) is 36.7. The molecule has 15 rings (SSSR count). The van der Waals surface area contributed by atoms with Crippen molar-refractivity contribution in [2.45, 2.75) is 217 Å². The van der Waals surface area contributed by atoms with Crippen LogP contribution in [0.1, 0.15) is 218 Å². The van der Waals surface area contributed by atoms with Crippen LogP contribution in [0.2, 0.25) is 0 Å². The Bertz CT molecular complexity index is 4100. The van der Waals surface area contributed by atoms with Crippen LogP contribution in [0, 0.1) is 0 Å². The maximum absolute atomic E-state index is 7.04. The van der Waals surface area contributed by atoms with Crippen LogP contribution in [0.4, 0.5) is 0 Å². The number of ether oxygens (including phenoxy) is 4. The third kappa shape index (κ3) is 5.83. The van der Waals surface area contributed by atoms with Gasteiger partial charge in [0.1, 0.15) is 11.2 Å². The average Bonchev–Trinajstić information content (AvgIpc) is 3.21. The van der Waals surface area contributed by atoms with Gasteiger partial charge in [-0.2, -0.15) is 0 Å². The lowest BCUT2D eigenvalue weighted by Crippen LogP contribution is -2.59. The molecule has 8 aromatic rings. The highest BCUT2D eigenvalue weighted by Gasteiger charge is 2.60. The van der Waals surface area contributed by atoms with Crippen LogP contribution in [-0.2, 0) is 43.3 Å². The Hall–Kier alpha value is -6.28. The molecule has 0 radical (unpaired) electrons. The van der Waals surface area contributed by atoms with Crippen molar-refractivity contribution in [3.05, 3.63) is 128 Å². The van der Waals surface area contributed by atoms with Crippen LogP contribution in [0.15, 0.2) is 72.8 Å². The standard InChI is InChI=1S/C70H76N4O4/c1-17-65(13)41-23-49-50(24-42(41)66(65,14)18-2)72-51-25-43-37(21-47(51)71-49)61(5,6)33-69(43)34-62(7,8)38-22-48-52(26-44(38)69)74-54-32-58-57(31-53(54)73-48)75-55-27-39-45(29-56(55)76-58)70(35-63(39,9)10)36-64(11,12)40-28-59-60(30-46(40)70)78-68(16,20-4)67(15,19-3)77-59/h21-32H,17-20,33-36H2,1-16H3. The number of hydrogen-bond acceptors (Lipinski definition) is 8. The predicted molar refractivity (Wildman–Crippen MR) is 313 cm³/mol. The molecule has 6 atom stereocenters. The van der Waals surface area contributed by atoms with Gasteiger partial charge in [-0.05, 0) is 203 Å². The summed E-state index contributed by atoms with van der Waals surface area (Å²) in [4.78, 5) is 21.7. The van der Waals surface area contributed by atoms with Gasteiger partial charge in [0.2, 0.25) is 0 Å². The first-order valence-corrected chi connectivity index (χ1v) is 29.4. The first kappa shape index (κ1) is 48.8. The largest absolute Gasteiger partial charge is 0.480 e. The van der Waals surface area contributed by atoms with Crippen molar-refractivity contribution in [3.63, 3.8) is 0 Å². The van der Waals surface area contributed by atoms with E-state index in [9.17, 15) is 0 Å². The van der Waals surface area contributed by atoms with E-state index in [1.54, 1.807) is 0 Å². The molecule has 2 aliphatic heterocycles. The summed E-state index contributed by atoms with van der Waals surface area (Å²) in [6, 6.07) is 27.5. The van der Waals surface area contributed by atoms with Gasteiger partial charge in [0, 0.05) is 33.8 Å². The normalized spacial score (nSPS) is 30.2. The van der Waals surface area contributed by atoms with Crippen LogP contribution in [0.25, 0.3) is 44.1 Å². The minimum absolute atomic E-state index is 0.0811. The van der Waals surface area contributed by atoms with Crippen LogP contribution in [0.3, 0.4) is 0 Å². The van der Waals surface area contributed by atoms with E-state index in [2.05, 4.69) is 171 Å². The summed E-state index contributed by atoms with van der Waals surface area (Å²) in [5, 5.41) is 0. The predicted octanol–water partition coefficient (Wildman–Crippen LogP) is 17.5. The van der Waals surface area contributed by atoms with Crippen molar-refractivity contribution in [2.24, 2.45) is 0 Å². The lowest BCUT2D eigenvalue weighted by Gasteiger charge is -2.57. The fourth-order valence-electron chi connectivity index (χ4n) is 17.9. The second kappa shape index (κ2) is 14.5. The van der Waals surface area contributed by atoms with Gasteiger partial charge in [0.05, 0.1) is 44.1 Å². The monoisotopic (exact) mass is 1040 g/mol. The number of hydrogen-bond donors (Lipinski definition) is 0. The molecule has 78 heavy (non-hydrogen) atoms. The molecule has 0 N–H and O–H groups in total. The Balaban J connectivity index is 0.814. The topological polar surface area (TPSA) is 88.5 Å². The fourth-order valence-corrected chi connectivity index (χ4v) is 17.9. The summed E-state index contributed by atoms with van der Waals surface area (Å²) in [6.07, 6.45) is 7.86. The lowest BCUT2D eigenvalue weighted by molar-refractivity contribution is -0.125. The molecule has 0 amide bonds. The van der Waals surface area contributed by atoms with Crippen molar-refractivity contribution in [1.29, 1.82) is 0 Å². The summed E-state index contributed by atoms with van der Waals surface area (Å²) >= 11 is 0. The van der Waals surface area contributed by atoms with Crippen molar-refractivity contribution >= 4 is 44.1 Å². The maximum atomic E-state index is 7.04. The summed E-state index contributed by atoms with van der Waals surface area (Å²) in [5.74, 6) is 4.49. The van der Waals surface area contributed by atoms with Gasteiger partial charge in [0.25, 0.3) is 0 Å². The highest BCUT2D eigenvalue weighted by atomic mass is 16.6. The first-order valence-electron chi connectivity index (χ1n) is 29.4. The number of fused-ring (bicyclic) bond motifs is 16. The summed E-state index contributed by atoms with van der Waals surface area (Å²) < 4.78 is 27.9. The Morgan fingerprint density at radius 3 is 0.872 bits per heavy atom. The third-order valence-corrected chi connectivity index (χ3v) is 22.9. The van der Waals surface area contributed by atoms with Crippen LogP contribution in [-0.4, -0.2) is 31.1 Å². The van der Waals surface area contributed by atoms with Gasteiger partial charge in [-0.3, -0.25) is 0 Å². The number of rotatable bonds is 4. The van der Waals surface area contributed by atoms with Crippen molar-refractivity contribution in [1.82, 2.24) is 19.9 Å². The molecule has 2 aromatic heterocycles. The third-order valence-electron chi connectivity index (χ3n) is 22.9. The van der Waals surface area contributed by atoms with Gasteiger partial charge in [0.15, 0.2) is 34.5 Å². The maximum Gasteiger partial charge on any atom is 0.172 e. The Morgan fingerprint density at radius 2 is 0.538 bits per heavy atom. The molecular formula is C70H76N4O4. The fraction of sp³-hybridized carbons (Fsp3) is 0.486. The molecule has 0 saturated carbocycles. The minimum atomic E-state index is -0.452.